The highest BCUT2D eigenvalue weighted by Crippen LogP contribution is 2.43. The average molecular weight is 227 g/mol. The molecule has 0 aliphatic heterocycles. The van der Waals surface area contributed by atoms with Crippen molar-refractivity contribution >= 4 is 15.9 Å². The van der Waals surface area contributed by atoms with Crippen LogP contribution in [0.3, 0.4) is 0 Å². The van der Waals surface area contributed by atoms with Gasteiger partial charge in [-0.15, -0.1) is 6.58 Å². The normalized spacial score (nSPS) is 16.4. The summed E-state index contributed by atoms with van der Waals surface area (Å²) in [6.45, 7) is 4.53. The molecule has 0 amide bonds. The molecule has 0 bridgehead atoms. The minimum atomic E-state index is 0.738. The average Bonchev–Trinajstić information content (AvgIpc) is 2.80. The highest BCUT2D eigenvalue weighted by molar-refractivity contribution is 9.10. The Morgan fingerprint density at radius 2 is 2.50 bits per heavy atom. The van der Waals surface area contributed by atoms with Crippen LogP contribution in [0.2, 0.25) is 0 Å². The van der Waals surface area contributed by atoms with Crippen LogP contribution in [-0.4, -0.2) is 9.78 Å². The molecular formula is C9H11BrN2. The molecule has 0 unspecified atom stereocenters. The summed E-state index contributed by atoms with van der Waals surface area (Å²) in [7, 11) is 0. The van der Waals surface area contributed by atoms with Crippen LogP contribution in [0.25, 0.3) is 0 Å². The first-order valence-corrected chi connectivity index (χ1v) is 4.94. The van der Waals surface area contributed by atoms with E-state index in [0.29, 0.717) is 0 Å². The van der Waals surface area contributed by atoms with E-state index in [0.717, 1.165) is 16.9 Å². The fourth-order valence-electron chi connectivity index (χ4n) is 1.40. The van der Waals surface area contributed by atoms with E-state index in [4.69, 9.17) is 0 Å². The number of hydrogen-bond acceptors (Lipinski definition) is 1. The van der Waals surface area contributed by atoms with Crippen molar-refractivity contribution in [3.05, 3.63) is 29.0 Å². The molecule has 2 rings (SSSR count). The Labute approximate surface area is 80.4 Å². The van der Waals surface area contributed by atoms with Gasteiger partial charge in [0.05, 0.1) is 22.9 Å². The molecule has 1 aromatic rings. The van der Waals surface area contributed by atoms with Crippen molar-refractivity contribution in [3.63, 3.8) is 0 Å². The van der Waals surface area contributed by atoms with Gasteiger partial charge in [-0.3, -0.25) is 4.68 Å². The molecule has 1 aromatic heterocycles. The largest absolute Gasteiger partial charge is 0.264 e. The number of rotatable bonds is 3. The van der Waals surface area contributed by atoms with E-state index in [-0.39, 0.29) is 0 Å². The Hall–Kier alpha value is -0.570. The van der Waals surface area contributed by atoms with Gasteiger partial charge in [-0.25, -0.2) is 0 Å². The summed E-state index contributed by atoms with van der Waals surface area (Å²) in [6, 6.07) is 0. The predicted octanol–water partition coefficient (Wildman–Crippen LogP) is 2.71. The Balaban J connectivity index is 2.32. The van der Waals surface area contributed by atoms with E-state index in [2.05, 4.69) is 27.6 Å². The van der Waals surface area contributed by atoms with Crippen molar-refractivity contribution in [2.45, 2.75) is 25.3 Å². The van der Waals surface area contributed by atoms with Crippen LogP contribution in [0, 0.1) is 0 Å². The standard InChI is InChI=1S/C9H11BrN2/c1-2-5-12-9(7-3-4-7)8(10)6-11-12/h2,6-7H,1,3-5H2. The Morgan fingerprint density at radius 3 is 3.08 bits per heavy atom. The summed E-state index contributed by atoms with van der Waals surface area (Å²) >= 11 is 3.51. The molecule has 0 atom stereocenters. The van der Waals surface area contributed by atoms with Gasteiger partial charge in [0.25, 0.3) is 0 Å². The van der Waals surface area contributed by atoms with E-state index in [1.165, 1.54) is 18.5 Å². The minimum Gasteiger partial charge on any atom is -0.264 e. The second-order valence-electron chi connectivity index (χ2n) is 3.12. The van der Waals surface area contributed by atoms with Crippen molar-refractivity contribution in [2.75, 3.05) is 0 Å². The van der Waals surface area contributed by atoms with Crippen LogP contribution in [0.15, 0.2) is 23.3 Å². The third-order valence-electron chi connectivity index (χ3n) is 2.10. The maximum atomic E-state index is 4.27. The molecule has 2 nitrogen and oxygen atoms in total. The van der Waals surface area contributed by atoms with Gasteiger partial charge in [-0.1, -0.05) is 6.08 Å². The fourth-order valence-corrected chi connectivity index (χ4v) is 2.02. The molecule has 64 valence electrons. The molecule has 12 heavy (non-hydrogen) atoms. The van der Waals surface area contributed by atoms with Crippen LogP contribution in [0.1, 0.15) is 24.5 Å². The van der Waals surface area contributed by atoms with Crippen LogP contribution < -0.4 is 0 Å². The SMILES string of the molecule is C=CCn1ncc(Br)c1C1CC1. The molecule has 0 N–H and O–H groups in total. The molecule has 0 saturated heterocycles. The quantitative estimate of drug-likeness (QED) is 0.726. The van der Waals surface area contributed by atoms with Crippen molar-refractivity contribution in [2.24, 2.45) is 0 Å². The maximum absolute atomic E-state index is 4.27. The van der Waals surface area contributed by atoms with Crippen LogP contribution >= 0.6 is 15.9 Å². The van der Waals surface area contributed by atoms with Crippen LogP contribution in [0.4, 0.5) is 0 Å². The van der Waals surface area contributed by atoms with E-state index >= 15 is 0 Å². The molecule has 0 aromatic carbocycles. The lowest BCUT2D eigenvalue weighted by Crippen LogP contribution is -2.01. The van der Waals surface area contributed by atoms with Crippen LogP contribution in [0.5, 0.6) is 0 Å². The van der Waals surface area contributed by atoms with E-state index in [1.807, 2.05) is 17.0 Å². The first-order valence-electron chi connectivity index (χ1n) is 4.15. The molecule has 1 aliphatic rings. The second kappa shape index (κ2) is 3.05. The maximum Gasteiger partial charge on any atom is 0.0635 e. The monoisotopic (exact) mass is 226 g/mol. The molecule has 1 saturated carbocycles. The Morgan fingerprint density at radius 1 is 1.75 bits per heavy atom. The molecule has 1 heterocycles. The zero-order chi connectivity index (χ0) is 8.55. The van der Waals surface area contributed by atoms with Crippen molar-refractivity contribution in [1.82, 2.24) is 9.78 Å². The molecular weight excluding hydrogens is 216 g/mol. The highest BCUT2D eigenvalue weighted by atomic mass is 79.9. The lowest BCUT2D eigenvalue weighted by molar-refractivity contribution is 0.658. The van der Waals surface area contributed by atoms with Gasteiger partial charge < -0.3 is 0 Å². The summed E-state index contributed by atoms with van der Waals surface area (Å²) in [4.78, 5) is 0. The fraction of sp³-hybridized carbons (Fsp3) is 0.444. The molecule has 0 radical (unpaired) electrons. The second-order valence-corrected chi connectivity index (χ2v) is 3.98. The number of aromatic nitrogens is 2. The smallest absolute Gasteiger partial charge is 0.0635 e. The summed E-state index contributed by atoms with van der Waals surface area (Å²) in [5.74, 6) is 0.738. The van der Waals surface area contributed by atoms with Crippen molar-refractivity contribution < 1.29 is 0 Å². The van der Waals surface area contributed by atoms with E-state index < -0.39 is 0 Å². The lowest BCUT2D eigenvalue weighted by atomic mass is 10.3. The van der Waals surface area contributed by atoms with Gasteiger partial charge >= 0.3 is 0 Å². The summed E-state index contributed by atoms with van der Waals surface area (Å²) in [6.07, 6.45) is 6.37. The van der Waals surface area contributed by atoms with Crippen molar-refractivity contribution in [3.8, 4) is 0 Å². The molecule has 1 aliphatic carbocycles. The number of hydrogen-bond donors (Lipinski definition) is 0. The first kappa shape index (κ1) is 8.05. The van der Waals surface area contributed by atoms with Crippen molar-refractivity contribution in [1.29, 1.82) is 0 Å². The number of allylic oxidation sites excluding steroid dienone is 1. The highest BCUT2D eigenvalue weighted by Gasteiger charge is 2.29. The summed E-state index contributed by atoms with van der Waals surface area (Å²) in [5, 5.41) is 4.27. The number of halogens is 1. The van der Waals surface area contributed by atoms with Gasteiger partial charge in [-0.2, -0.15) is 5.10 Å². The third kappa shape index (κ3) is 1.33. The molecule has 1 fully saturated rings. The van der Waals surface area contributed by atoms with Gasteiger partial charge in [0.2, 0.25) is 0 Å². The minimum absolute atomic E-state index is 0.738. The van der Waals surface area contributed by atoms with Gasteiger partial charge in [0, 0.05) is 5.92 Å². The number of nitrogens with zero attached hydrogens (tertiary/aromatic N) is 2. The molecule has 3 heteroatoms. The van der Waals surface area contributed by atoms with Gasteiger partial charge in [0.15, 0.2) is 0 Å². The molecule has 0 spiro atoms. The van der Waals surface area contributed by atoms with E-state index in [1.54, 1.807) is 0 Å². The summed E-state index contributed by atoms with van der Waals surface area (Å²) < 4.78 is 3.17. The zero-order valence-corrected chi connectivity index (χ0v) is 8.42. The van der Waals surface area contributed by atoms with Gasteiger partial charge in [-0.05, 0) is 28.8 Å². The van der Waals surface area contributed by atoms with Crippen LogP contribution in [-0.2, 0) is 6.54 Å². The zero-order valence-electron chi connectivity index (χ0n) is 6.83. The first-order chi connectivity index (χ1) is 5.83. The Bertz CT molecular complexity index is 299. The third-order valence-corrected chi connectivity index (χ3v) is 2.71. The van der Waals surface area contributed by atoms with Gasteiger partial charge in [0.1, 0.15) is 0 Å². The predicted molar refractivity (Wildman–Crippen MR) is 52.1 cm³/mol. The Kier molecular flexibility index (Phi) is 2.05. The summed E-state index contributed by atoms with van der Waals surface area (Å²) in [5.41, 5.74) is 1.34. The lowest BCUT2D eigenvalue weighted by Gasteiger charge is -2.02. The topological polar surface area (TPSA) is 17.8 Å². The van der Waals surface area contributed by atoms with E-state index in [9.17, 15) is 0 Å².